The number of aromatic nitrogens is 2. The van der Waals surface area contributed by atoms with Crippen molar-refractivity contribution >= 4 is 17.4 Å². The Kier molecular flexibility index (Phi) is 3.31. The number of nitrogens with one attached hydrogen (secondary N) is 1. The third-order valence-corrected chi connectivity index (χ3v) is 2.25. The van der Waals surface area contributed by atoms with Gasteiger partial charge in [-0.05, 0) is 18.2 Å². The first kappa shape index (κ1) is 10.8. The van der Waals surface area contributed by atoms with Crippen molar-refractivity contribution in [3.05, 3.63) is 52.9 Å². The average Bonchev–Trinajstić information content (AvgIpc) is 2.30. The molecule has 0 atom stereocenters. The van der Waals surface area contributed by atoms with Gasteiger partial charge in [-0.1, -0.05) is 29.8 Å². The minimum atomic E-state index is -0.239. The Labute approximate surface area is 97.3 Å². The number of hydrogen-bond donors (Lipinski definition) is 1. The van der Waals surface area contributed by atoms with Gasteiger partial charge in [0.15, 0.2) is 5.15 Å². The molecule has 0 radical (unpaired) electrons. The van der Waals surface area contributed by atoms with Crippen LogP contribution in [0.1, 0.15) is 5.56 Å². The van der Waals surface area contributed by atoms with Gasteiger partial charge in [-0.3, -0.25) is 0 Å². The molecule has 0 saturated heterocycles. The molecule has 1 heterocycles. The lowest BCUT2D eigenvalue weighted by atomic mass is 10.2. The maximum atomic E-state index is 13.3. The standard InChI is InChI=1S/C11H9ClFN3/c12-10-5-6-11(16-15-10)14-7-8-3-1-2-4-9(8)13/h1-6H,7H2,(H,14,16). The van der Waals surface area contributed by atoms with Crippen LogP contribution >= 0.6 is 11.6 Å². The topological polar surface area (TPSA) is 37.8 Å². The summed E-state index contributed by atoms with van der Waals surface area (Å²) in [7, 11) is 0. The van der Waals surface area contributed by atoms with Gasteiger partial charge in [-0.2, -0.15) is 0 Å². The molecule has 0 aliphatic carbocycles. The van der Waals surface area contributed by atoms with E-state index in [1.54, 1.807) is 30.3 Å². The largest absolute Gasteiger partial charge is 0.364 e. The van der Waals surface area contributed by atoms with E-state index in [-0.39, 0.29) is 5.82 Å². The van der Waals surface area contributed by atoms with Crippen LogP contribution in [-0.2, 0) is 6.54 Å². The summed E-state index contributed by atoms with van der Waals surface area (Å²) in [5, 5.41) is 10.8. The van der Waals surface area contributed by atoms with Gasteiger partial charge < -0.3 is 5.32 Å². The van der Waals surface area contributed by atoms with Crippen LogP contribution in [0.3, 0.4) is 0 Å². The van der Waals surface area contributed by atoms with Crippen molar-refractivity contribution in [1.29, 1.82) is 0 Å². The second-order valence-electron chi connectivity index (χ2n) is 3.19. The Morgan fingerprint density at radius 1 is 1.12 bits per heavy atom. The van der Waals surface area contributed by atoms with E-state index in [2.05, 4.69) is 15.5 Å². The molecule has 1 aromatic heterocycles. The molecule has 0 aliphatic heterocycles. The zero-order valence-corrected chi connectivity index (χ0v) is 9.08. The molecule has 0 unspecified atom stereocenters. The van der Waals surface area contributed by atoms with Crippen molar-refractivity contribution in [1.82, 2.24) is 10.2 Å². The number of anilines is 1. The Morgan fingerprint density at radius 3 is 2.62 bits per heavy atom. The molecule has 0 bridgehead atoms. The number of halogens is 2. The van der Waals surface area contributed by atoms with Crippen molar-refractivity contribution in [3.8, 4) is 0 Å². The van der Waals surface area contributed by atoms with E-state index >= 15 is 0 Å². The number of rotatable bonds is 3. The van der Waals surface area contributed by atoms with E-state index < -0.39 is 0 Å². The Hall–Kier alpha value is -1.68. The fourth-order valence-electron chi connectivity index (χ4n) is 1.24. The van der Waals surface area contributed by atoms with Gasteiger partial charge in [0, 0.05) is 12.1 Å². The third-order valence-electron chi connectivity index (χ3n) is 2.05. The number of nitrogens with zero attached hydrogens (tertiary/aromatic N) is 2. The third kappa shape index (κ3) is 2.67. The maximum Gasteiger partial charge on any atom is 0.151 e. The van der Waals surface area contributed by atoms with E-state index in [0.29, 0.717) is 23.1 Å². The van der Waals surface area contributed by atoms with E-state index in [1.165, 1.54) is 6.07 Å². The molecular weight excluding hydrogens is 229 g/mol. The molecule has 2 aromatic rings. The molecule has 5 heteroatoms. The van der Waals surface area contributed by atoms with E-state index in [0.717, 1.165) is 0 Å². The van der Waals surface area contributed by atoms with Crippen molar-refractivity contribution in [2.24, 2.45) is 0 Å². The lowest BCUT2D eigenvalue weighted by Gasteiger charge is -2.05. The van der Waals surface area contributed by atoms with E-state index in [9.17, 15) is 4.39 Å². The molecular formula is C11H9ClFN3. The van der Waals surface area contributed by atoms with E-state index in [4.69, 9.17) is 11.6 Å². The normalized spacial score (nSPS) is 10.1. The number of benzene rings is 1. The predicted octanol–water partition coefficient (Wildman–Crippen LogP) is 2.88. The van der Waals surface area contributed by atoms with Gasteiger partial charge in [-0.15, -0.1) is 10.2 Å². The number of hydrogen-bond acceptors (Lipinski definition) is 3. The molecule has 0 amide bonds. The fourth-order valence-corrected chi connectivity index (χ4v) is 1.34. The summed E-state index contributed by atoms with van der Waals surface area (Å²) >= 11 is 5.59. The van der Waals surface area contributed by atoms with Crippen LogP contribution in [0.4, 0.5) is 10.2 Å². The minimum absolute atomic E-state index is 0.239. The SMILES string of the molecule is Fc1ccccc1CNc1ccc(Cl)nn1. The zero-order chi connectivity index (χ0) is 11.4. The van der Waals surface area contributed by atoms with Crippen molar-refractivity contribution in [2.75, 3.05) is 5.32 Å². The average molecular weight is 238 g/mol. The molecule has 82 valence electrons. The highest BCUT2D eigenvalue weighted by Crippen LogP contribution is 2.10. The summed E-state index contributed by atoms with van der Waals surface area (Å²) < 4.78 is 13.3. The second-order valence-corrected chi connectivity index (χ2v) is 3.57. The summed E-state index contributed by atoms with van der Waals surface area (Å²) in [5.74, 6) is 0.324. The van der Waals surface area contributed by atoms with Crippen molar-refractivity contribution in [2.45, 2.75) is 6.54 Å². The van der Waals surface area contributed by atoms with Crippen LogP contribution in [0.15, 0.2) is 36.4 Å². The van der Waals surface area contributed by atoms with Gasteiger partial charge in [0.1, 0.15) is 11.6 Å². The highest BCUT2D eigenvalue weighted by Gasteiger charge is 2.00. The van der Waals surface area contributed by atoms with Crippen LogP contribution in [-0.4, -0.2) is 10.2 Å². The molecule has 16 heavy (non-hydrogen) atoms. The maximum absolute atomic E-state index is 13.3. The first-order valence-electron chi connectivity index (χ1n) is 4.72. The quantitative estimate of drug-likeness (QED) is 0.892. The summed E-state index contributed by atoms with van der Waals surface area (Å²) in [4.78, 5) is 0. The summed E-state index contributed by atoms with van der Waals surface area (Å²) in [6, 6.07) is 9.89. The fraction of sp³-hybridized carbons (Fsp3) is 0.0909. The first-order valence-corrected chi connectivity index (χ1v) is 5.10. The van der Waals surface area contributed by atoms with Crippen LogP contribution in [0.5, 0.6) is 0 Å². The van der Waals surface area contributed by atoms with Gasteiger partial charge in [0.2, 0.25) is 0 Å². The van der Waals surface area contributed by atoms with Gasteiger partial charge in [-0.25, -0.2) is 4.39 Å². The first-order chi connectivity index (χ1) is 7.75. The second kappa shape index (κ2) is 4.90. The van der Waals surface area contributed by atoms with Crippen LogP contribution < -0.4 is 5.32 Å². The predicted molar refractivity (Wildman–Crippen MR) is 60.8 cm³/mol. The lowest BCUT2D eigenvalue weighted by molar-refractivity contribution is 0.613. The molecule has 0 spiro atoms. The smallest absolute Gasteiger partial charge is 0.151 e. The minimum Gasteiger partial charge on any atom is -0.364 e. The lowest BCUT2D eigenvalue weighted by Crippen LogP contribution is -2.03. The molecule has 1 aromatic carbocycles. The highest BCUT2D eigenvalue weighted by molar-refractivity contribution is 6.29. The molecule has 1 N–H and O–H groups in total. The Bertz CT molecular complexity index is 473. The molecule has 0 saturated carbocycles. The zero-order valence-electron chi connectivity index (χ0n) is 8.32. The van der Waals surface area contributed by atoms with Crippen LogP contribution in [0.2, 0.25) is 5.15 Å². The Balaban J connectivity index is 2.02. The molecule has 3 nitrogen and oxygen atoms in total. The van der Waals surface area contributed by atoms with Crippen LogP contribution in [0.25, 0.3) is 0 Å². The van der Waals surface area contributed by atoms with Gasteiger partial charge in [0.05, 0.1) is 0 Å². The van der Waals surface area contributed by atoms with E-state index in [1.807, 2.05) is 0 Å². The summed E-state index contributed by atoms with van der Waals surface area (Å²) in [6.07, 6.45) is 0. The van der Waals surface area contributed by atoms with Crippen LogP contribution in [0, 0.1) is 5.82 Å². The van der Waals surface area contributed by atoms with Gasteiger partial charge >= 0.3 is 0 Å². The Morgan fingerprint density at radius 2 is 1.94 bits per heavy atom. The van der Waals surface area contributed by atoms with Gasteiger partial charge in [0.25, 0.3) is 0 Å². The van der Waals surface area contributed by atoms with Crippen molar-refractivity contribution in [3.63, 3.8) is 0 Å². The summed E-state index contributed by atoms with van der Waals surface area (Å²) in [5.41, 5.74) is 0.583. The molecule has 0 aliphatic rings. The monoisotopic (exact) mass is 237 g/mol. The molecule has 2 rings (SSSR count). The van der Waals surface area contributed by atoms with Crippen molar-refractivity contribution < 1.29 is 4.39 Å². The molecule has 0 fully saturated rings. The highest BCUT2D eigenvalue weighted by atomic mass is 35.5. The summed E-state index contributed by atoms with van der Waals surface area (Å²) in [6.45, 7) is 0.364.